The largest absolute Gasteiger partial charge is 0.411 e. The van der Waals surface area contributed by atoms with Crippen LogP contribution in [0.25, 0.3) is 0 Å². The van der Waals surface area contributed by atoms with Crippen LogP contribution in [0.1, 0.15) is 26.2 Å². The van der Waals surface area contributed by atoms with Gasteiger partial charge in [-0.1, -0.05) is 0 Å². The molecule has 0 bridgehead atoms. The molecule has 23 heavy (non-hydrogen) atoms. The lowest BCUT2D eigenvalue weighted by atomic mass is 10.4. The van der Waals surface area contributed by atoms with Gasteiger partial charge in [0.05, 0.1) is 0 Å². The maximum absolute atomic E-state index is 11.9. The van der Waals surface area contributed by atoms with Gasteiger partial charge in [-0.2, -0.15) is 13.2 Å². The molecule has 0 aromatic carbocycles. The molecule has 0 aromatic heterocycles. The molecule has 1 rings (SSSR count). The highest BCUT2D eigenvalue weighted by Gasteiger charge is 2.27. The number of hydrogen-bond acceptors (Lipinski definition) is 3. The van der Waals surface area contributed by atoms with Crippen LogP contribution in [0.4, 0.5) is 13.2 Å². The van der Waals surface area contributed by atoms with Crippen molar-refractivity contribution in [1.29, 1.82) is 0 Å². The number of guanidine groups is 1. The molecule has 0 atom stereocenters. The molecule has 9 heteroatoms. The second kappa shape index (κ2) is 10.3. The Hall–Kier alpha value is -1.51. The number of alkyl halides is 3. The smallest absolute Gasteiger partial charge is 0.372 e. The van der Waals surface area contributed by atoms with Crippen LogP contribution in [0.5, 0.6) is 0 Å². The Kier molecular flexibility index (Phi) is 8.75. The highest BCUT2D eigenvalue weighted by atomic mass is 19.4. The van der Waals surface area contributed by atoms with E-state index < -0.39 is 12.8 Å². The van der Waals surface area contributed by atoms with E-state index in [1.165, 1.54) is 0 Å². The molecule has 0 saturated carbocycles. The van der Waals surface area contributed by atoms with E-state index in [0.29, 0.717) is 25.5 Å². The maximum Gasteiger partial charge on any atom is 0.411 e. The highest BCUT2D eigenvalue weighted by Crippen LogP contribution is 2.14. The minimum Gasteiger partial charge on any atom is -0.372 e. The van der Waals surface area contributed by atoms with E-state index in [0.717, 1.165) is 25.9 Å². The minimum absolute atomic E-state index is 0.00628. The van der Waals surface area contributed by atoms with Gasteiger partial charge in [-0.3, -0.25) is 4.79 Å². The topological polar surface area (TPSA) is 66.0 Å². The maximum atomic E-state index is 11.9. The predicted molar refractivity (Wildman–Crippen MR) is 81.3 cm³/mol. The summed E-state index contributed by atoms with van der Waals surface area (Å²) in [7, 11) is 0. The van der Waals surface area contributed by atoms with Crippen LogP contribution in [-0.2, 0) is 9.53 Å². The Morgan fingerprint density at radius 1 is 1.26 bits per heavy atom. The van der Waals surface area contributed by atoms with Crippen LogP contribution in [0.3, 0.4) is 0 Å². The summed E-state index contributed by atoms with van der Waals surface area (Å²) in [6.45, 7) is 3.37. The molecule has 0 aromatic rings. The summed E-state index contributed by atoms with van der Waals surface area (Å²) in [5.74, 6) is 0.476. The molecular formula is C14H25F3N4O2. The number of hydrogen-bond donors (Lipinski definition) is 2. The zero-order chi connectivity index (χ0) is 17.1. The zero-order valence-electron chi connectivity index (χ0n) is 13.4. The molecule has 1 aliphatic heterocycles. The predicted octanol–water partition coefficient (Wildman–Crippen LogP) is 1.13. The summed E-state index contributed by atoms with van der Waals surface area (Å²) in [5, 5.41) is 5.96. The van der Waals surface area contributed by atoms with E-state index in [2.05, 4.69) is 20.4 Å². The van der Waals surface area contributed by atoms with Crippen molar-refractivity contribution >= 4 is 11.9 Å². The van der Waals surface area contributed by atoms with Crippen LogP contribution in [0.2, 0.25) is 0 Å². The van der Waals surface area contributed by atoms with Gasteiger partial charge in [0.1, 0.15) is 13.2 Å². The van der Waals surface area contributed by atoms with Gasteiger partial charge in [0.2, 0.25) is 5.91 Å². The SMILES string of the molecule is CCNC(=NCC(=O)N1CCCC1)NCCCOCC(F)(F)F. The van der Waals surface area contributed by atoms with Gasteiger partial charge < -0.3 is 20.3 Å². The molecule has 0 spiro atoms. The summed E-state index contributed by atoms with van der Waals surface area (Å²) in [4.78, 5) is 17.9. The van der Waals surface area contributed by atoms with Crippen molar-refractivity contribution in [2.24, 2.45) is 4.99 Å². The summed E-state index contributed by atoms with van der Waals surface area (Å²) in [6.07, 6.45) is -1.81. The Morgan fingerprint density at radius 3 is 2.57 bits per heavy atom. The van der Waals surface area contributed by atoms with Crippen LogP contribution in [-0.4, -0.2) is 68.9 Å². The van der Waals surface area contributed by atoms with Crippen molar-refractivity contribution in [3.05, 3.63) is 0 Å². The average molecular weight is 338 g/mol. The fourth-order valence-corrected chi connectivity index (χ4v) is 2.12. The lowest BCUT2D eigenvalue weighted by molar-refractivity contribution is -0.173. The van der Waals surface area contributed by atoms with Crippen molar-refractivity contribution < 1.29 is 22.7 Å². The quantitative estimate of drug-likeness (QED) is 0.396. The number of ether oxygens (including phenoxy) is 1. The number of halogens is 3. The number of carbonyl (C=O) groups excluding carboxylic acids is 1. The molecule has 0 unspecified atom stereocenters. The second-order valence-electron chi connectivity index (χ2n) is 5.23. The molecule has 134 valence electrons. The lowest BCUT2D eigenvalue weighted by Crippen LogP contribution is -2.39. The normalized spacial score (nSPS) is 15.8. The third-order valence-electron chi connectivity index (χ3n) is 3.20. The van der Waals surface area contributed by atoms with Crippen molar-refractivity contribution in [2.45, 2.75) is 32.4 Å². The van der Waals surface area contributed by atoms with Gasteiger partial charge >= 0.3 is 6.18 Å². The van der Waals surface area contributed by atoms with Crippen LogP contribution in [0, 0.1) is 0 Å². The van der Waals surface area contributed by atoms with Gasteiger partial charge in [-0.15, -0.1) is 0 Å². The van der Waals surface area contributed by atoms with E-state index in [1.807, 2.05) is 6.92 Å². The van der Waals surface area contributed by atoms with E-state index in [4.69, 9.17) is 0 Å². The number of aliphatic imine (C=N–C) groups is 1. The van der Waals surface area contributed by atoms with Crippen LogP contribution >= 0.6 is 0 Å². The molecule has 2 N–H and O–H groups in total. The summed E-state index contributed by atoms with van der Waals surface area (Å²) in [5.41, 5.74) is 0. The van der Waals surface area contributed by atoms with E-state index in [-0.39, 0.29) is 19.1 Å². The summed E-state index contributed by atoms with van der Waals surface area (Å²) < 4.78 is 40.2. The molecule has 1 aliphatic rings. The molecule has 1 amide bonds. The molecule has 0 radical (unpaired) electrons. The molecule has 1 heterocycles. The van der Waals surface area contributed by atoms with E-state index in [1.54, 1.807) is 4.90 Å². The number of nitrogens with one attached hydrogen (secondary N) is 2. The molecular weight excluding hydrogens is 313 g/mol. The Morgan fingerprint density at radius 2 is 1.96 bits per heavy atom. The fraction of sp³-hybridized carbons (Fsp3) is 0.857. The van der Waals surface area contributed by atoms with Gasteiger partial charge in [0, 0.05) is 32.8 Å². The second-order valence-corrected chi connectivity index (χ2v) is 5.23. The van der Waals surface area contributed by atoms with Gasteiger partial charge in [-0.25, -0.2) is 4.99 Å². The van der Waals surface area contributed by atoms with Crippen LogP contribution in [0.15, 0.2) is 4.99 Å². The summed E-state index contributed by atoms with van der Waals surface area (Å²) >= 11 is 0. The molecule has 6 nitrogen and oxygen atoms in total. The first-order chi connectivity index (χ1) is 10.9. The minimum atomic E-state index is -4.29. The van der Waals surface area contributed by atoms with Crippen molar-refractivity contribution in [1.82, 2.24) is 15.5 Å². The van der Waals surface area contributed by atoms with Crippen molar-refractivity contribution in [3.63, 3.8) is 0 Å². The van der Waals surface area contributed by atoms with E-state index in [9.17, 15) is 18.0 Å². The van der Waals surface area contributed by atoms with Crippen molar-refractivity contribution in [2.75, 3.05) is 45.9 Å². The first-order valence-corrected chi connectivity index (χ1v) is 7.87. The molecule has 1 saturated heterocycles. The Bertz CT molecular complexity index is 383. The molecule has 1 fully saturated rings. The van der Waals surface area contributed by atoms with Gasteiger partial charge in [0.25, 0.3) is 0 Å². The third kappa shape index (κ3) is 9.27. The number of amides is 1. The van der Waals surface area contributed by atoms with Crippen LogP contribution < -0.4 is 10.6 Å². The average Bonchev–Trinajstić information content (AvgIpc) is 3.01. The Labute approximate surface area is 134 Å². The van der Waals surface area contributed by atoms with Crippen molar-refractivity contribution in [3.8, 4) is 0 Å². The summed E-state index contributed by atoms with van der Waals surface area (Å²) in [6, 6.07) is 0. The van der Waals surface area contributed by atoms with E-state index >= 15 is 0 Å². The fourth-order valence-electron chi connectivity index (χ4n) is 2.12. The van der Waals surface area contributed by atoms with Gasteiger partial charge in [-0.05, 0) is 26.2 Å². The number of carbonyl (C=O) groups is 1. The lowest BCUT2D eigenvalue weighted by Gasteiger charge is -2.15. The number of rotatable bonds is 8. The standard InChI is InChI=1S/C14H25F3N4O2/c1-2-18-13(19-6-5-9-23-11-14(15,16)17)20-10-12(22)21-7-3-4-8-21/h2-11H2,1H3,(H2,18,19,20). The molecule has 0 aliphatic carbocycles. The zero-order valence-corrected chi connectivity index (χ0v) is 13.4. The first-order valence-electron chi connectivity index (χ1n) is 7.87. The van der Waals surface area contributed by atoms with Gasteiger partial charge in [0.15, 0.2) is 5.96 Å². The first kappa shape index (κ1) is 19.5. The number of nitrogens with zero attached hydrogens (tertiary/aromatic N) is 2. The monoisotopic (exact) mass is 338 g/mol. The Balaban J connectivity index is 2.22. The highest BCUT2D eigenvalue weighted by molar-refractivity contribution is 5.85. The number of likely N-dealkylation sites (tertiary alicyclic amines) is 1. The third-order valence-corrected chi connectivity index (χ3v) is 3.20.